The molecule has 0 fully saturated rings. The average molecular weight is 262 g/mol. The van der Waals surface area contributed by atoms with Crippen LogP contribution in [0.2, 0.25) is 10.0 Å². The largest absolute Gasteiger partial charge is 0.383 e. The smallest absolute Gasteiger partial charge is 0.0657 e. The van der Waals surface area contributed by atoms with Crippen molar-refractivity contribution in [1.82, 2.24) is 5.32 Å². The summed E-state index contributed by atoms with van der Waals surface area (Å²) < 4.78 is 5.19. The Labute approximate surface area is 107 Å². The lowest BCUT2D eigenvalue weighted by Crippen LogP contribution is -2.25. The van der Waals surface area contributed by atoms with Gasteiger partial charge >= 0.3 is 0 Å². The van der Waals surface area contributed by atoms with Gasteiger partial charge in [0.15, 0.2) is 0 Å². The highest BCUT2D eigenvalue weighted by molar-refractivity contribution is 6.42. The van der Waals surface area contributed by atoms with Crippen LogP contribution in [0.3, 0.4) is 0 Å². The summed E-state index contributed by atoms with van der Waals surface area (Å²) in [5.41, 5.74) is 1.10. The van der Waals surface area contributed by atoms with Crippen LogP contribution in [0.25, 0.3) is 0 Å². The SMILES string of the molecule is CCCNC(COC)c1ccc(Cl)c(Cl)c1. The van der Waals surface area contributed by atoms with Gasteiger partial charge in [-0.25, -0.2) is 0 Å². The summed E-state index contributed by atoms with van der Waals surface area (Å²) in [7, 11) is 1.69. The predicted octanol–water partition coefficient (Wildman–Crippen LogP) is 3.68. The van der Waals surface area contributed by atoms with Crippen molar-refractivity contribution in [3.8, 4) is 0 Å². The van der Waals surface area contributed by atoms with Gasteiger partial charge in [-0.2, -0.15) is 0 Å². The maximum Gasteiger partial charge on any atom is 0.0657 e. The Morgan fingerprint density at radius 3 is 2.62 bits per heavy atom. The van der Waals surface area contributed by atoms with Crippen molar-refractivity contribution in [3.63, 3.8) is 0 Å². The first-order valence-corrected chi connectivity index (χ1v) is 6.12. The molecule has 1 aromatic rings. The summed E-state index contributed by atoms with van der Waals surface area (Å²) in [4.78, 5) is 0. The number of ether oxygens (including phenoxy) is 1. The standard InChI is InChI=1S/C12H17Cl2NO/c1-3-6-15-12(8-16-2)9-4-5-10(13)11(14)7-9/h4-5,7,12,15H,3,6,8H2,1-2H3. The highest BCUT2D eigenvalue weighted by Gasteiger charge is 2.11. The van der Waals surface area contributed by atoms with Crippen molar-refractivity contribution in [2.45, 2.75) is 19.4 Å². The summed E-state index contributed by atoms with van der Waals surface area (Å²) in [5.74, 6) is 0. The minimum atomic E-state index is 0.166. The number of nitrogens with one attached hydrogen (secondary N) is 1. The van der Waals surface area contributed by atoms with E-state index in [1.807, 2.05) is 18.2 Å². The van der Waals surface area contributed by atoms with Crippen LogP contribution in [0.15, 0.2) is 18.2 Å². The molecule has 1 atom stereocenters. The zero-order chi connectivity index (χ0) is 12.0. The van der Waals surface area contributed by atoms with Gasteiger partial charge in [0, 0.05) is 7.11 Å². The van der Waals surface area contributed by atoms with Crippen LogP contribution in [0.4, 0.5) is 0 Å². The molecule has 0 radical (unpaired) electrons. The van der Waals surface area contributed by atoms with Crippen LogP contribution in [-0.4, -0.2) is 20.3 Å². The molecule has 0 aliphatic rings. The lowest BCUT2D eigenvalue weighted by Gasteiger charge is -2.18. The van der Waals surface area contributed by atoms with Crippen molar-refractivity contribution in [2.75, 3.05) is 20.3 Å². The highest BCUT2D eigenvalue weighted by atomic mass is 35.5. The van der Waals surface area contributed by atoms with Crippen LogP contribution in [-0.2, 0) is 4.74 Å². The molecule has 0 amide bonds. The van der Waals surface area contributed by atoms with Gasteiger partial charge < -0.3 is 10.1 Å². The second-order valence-corrected chi connectivity index (χ2v) is 4.45. The second kappa shape index (κ2) is 7.13. The summed E-state index contributed by atoms with van der Waals surface area (Å²) >= 11 is 11.9. The lowest BCUT2D eigenvalue weighted by atomic mass is 10.1. The molecule has 0 spiro atoms. The Kier molecular flexibility index (Phi) is 6.14. The van der Waals surface area contributed by atoms with E-state index in [-0.39, 0.29) is 6.04 Å². The molecular weight excluding hydrogens is 245 g/mol. The molecule has 0 aliphatic carbocycles. The van der Waals surface area contributed by atoms with Crippen LogP contribution in [0.1, 0.15) is 24.9 Å². The minimum Gasteiger partial charge on any atom is -0.383 e. The maximum absolute atomic E-state index is 5.99. The first-order valence-electron chi connectivity index (χ1n) is 5.36. The van der Waals surface area contributed by atoms with Crippen molar-refractivity contribution in [1.29, 1.82) is 0 Å². The van der Waals surface area contributed by atoms with E-state index < -0.39 is 0 Å². The summed E-state index contributed by atoms with van der Waals surface area (Å²) in [6, 6.07) is 5.84. The molecule has 4 heteroatoms. The van der Waals surface area contributed by atoms with Crippen molar-refractivity contribution >= 4 is 23.2 Å². The number of hydrogen-bond acceptors (Lipinski definition) is 2. The Morgan fingerprint density at radius 2 is 2.06 bits per heavy atom. The van der Waals surface area contributed by atoms with E-state index in [0.717, 1.165) is 18.5 Å². The molecule has 0 aromatic heterocycles. The lowest BCUT2D eigenvalue weighted by molar-refractivity contribution is 0.167. The Morgan fingerprint density at radius 1 is 1.31 bits per heavy atom. The van der Waals surface area contributed by atoms with E-state index in [1.54, 1.807) is 7.11 Å². The third kappa shape index (κ3) is 3.95. The third-order valence-electron chi connectivity index (χ3n) is 2.32. The molecule has 1 unspecified atom stereocenters. The van der Waals surface area contributed by atoms with Crippen molar-refractivity contribution < 1.29 is 4.74 Å². The number of hydrogen-bond donors (Lipinski definition) is 1. The van der Waals surface area contributed by atoms with Gasteiger partial charge in [0.05, 0.1) is 22.7 Å². The fourth-order valence-electron chi connectivity index (χ4n) is 1.49. The number of benzene rings is 1. The zero-order valence-electron chi connectivity index (χ0n) is 9.59. The molecule has 1 N–H and O–H groups in total. The molecule has 90 valence electrons. The third-order valence-corrected chi connectivity index (χ3v) is 3.06. The average Bonchev–Trinajstić information content (AvgIpc) is 2.28. The van der Waals surface area contributed by atoms with Gasteiger partial charge in [-0.3, -0.25) is 0 Å². The van der Waals surface area contributed by atoms with Gasteiger partial charge in [-0.15, -0.1) is 0 Å². The fourth-order valence-corrected chi connectivity index (χ4v) is 1.79. The maximum atomic E-state index is 5.99. The quantitative estimate of drug-likeness (QED) is 0.844. The topological polar surface area (TPSA) is 21.3 Å². The van der Waals surface area contributed by atoms with E-state index in [9.17, 15) is 0 Å². The Hall–Kier alpha value is -0.280. The van der Waals surface area contributed by atoms with Gasteiger partial charge in [0.25, 0.3) is 0 Å². The van der Waals surface area contributed by atoms with Crippen molar-refractivity contribution in [2.24, 2.45) is 0 Å². The van der Waals surface area contributed by atoms with Gasteiger partial charge in [-0.1, -0.05) is 36.2 Å². The predicted molar refractivity (Wildman–Crippen MR) is 69.4 cm³/mol. The molecule has 16 heavy (non-hydrogen) atoms. The molecule has 2 nitrogen and oxygen atoms in total. The summed E-state index contributed by atoms with van der Waals surface area (Å²) in [6.07, 6.45) is 1.08. The van der Waals surface area contributed by atoms with Crippen molar-refractivity contribution in [3.05, 3.63) is 33.8 Å². The van der Waals surface area contributed by atoms with E-state index >= 15 is 0 Å². The molecule has 1 rings (SSSR count). The molecule has 0 saturated carbocycles. The van der Waals surface area contributed by atoms with Crippen LogP contribution in [0, 0.1) is 0 Å². The molecule has 0 heterocycles. The van der Waals surface area contributed by atoms with E-state index in [2.05, 4.69) is 12.2 Å². The highest BCUT2D eigenvalue weighted by Crippen LogP contribution is 2.25. The Balaban J connectivity index is 2.78. The Bertz CT molecular complexity index is 331. The zero-order valence-corrected chi connectivity index (χ0v) is 11.1. The molecular formula is C12H17Cl2NO. The van der Waals surface area contributed by atoms with Crippen LogP contribution >= 0.6 is 23.2 Å². The van der Waals surface area contributed by atoms with Gasteiger partial charge in [0.2, 0.25) is 0 Å². The monoisotopic (exact) mass is 261 g/mol. The van der Waals surface area contributed by atoms with E-state index in [1.165, 1.54) is 0 Å². The van der Waals surface area contributed by atoms with Gasteiger partial charge in [-0.05, 0) is 30.7 Å². The normalized spacial score (nSPS) is 12.8. The second-order valence-electron chi connectivity index (χ2n) is 3.64. The van der Waals surface area contributed by atoms with E-state index in [0.29, 0.717) is 16.7 Å². The number of methoxy groups -OCH3 is 1. The van der Waals surface area contributed by atoms with Gasteiger partial charge in [0.1, 0.15) is 0 Å². The van der Waals surface area contributed by atoms with Crippen LogP contribution in [0.5, 0.6) is 0 Å². The first kappa shape index (κ1) is 13.8. The number of rotatable bonds is 6. The molecule has 0 saturated heterocycles. The summed E-state index contributed by atoms with van der Waals surface area (Å²) in [6.45, 7) is 3.71. The minimum absolute atomic E-state index is 0.166. The van der Waals surface area contributed by atoms with Crippen LogP contribution < -0.4 is 5.32 Å². The summed E-state index contributed by atoms with van der Waals surface area (Å²) in [5, 5.41) is 4.57. The van der Waals surface area contributed by atoms with E-state index in [4.69, 9.17) is 27.9 Å². The first-order chi connectivity index (χ1) is 7.69. The molecule has 1 aromatic carbocycles. The molecule has 0 bridgehead atoms. The molecule has 0 aliphatic heterocycles. The fraction of sp³-hybridized carbons (Fsp3) is 0.500. The number of halogens is 2.